The Morgan fingerprint density at radius 2 is 1.05 bits per heavy atom. The molecule has 0 spiro atoms. The van der Waals surface area contributed by atoms with E-state index in [1.165, 1.54) is 18.2 Å². The van der Waals surface area contributed by atoms with Crippen LogP contribution < -0.4 is 30.1 Å². The maximum absolute atomic E-state index is 11.2. The second-order valence-electron chi connectivity index (χ2n) is 26.5. The van der Waals surface area contributed by atoms with Gasteiger partial charge in [0.25, 0.3) is 6.33 Å². The Kier molecular flexibility index (Phi) is 9.56. The standard InChI is InChI=1S/C96H70N4O2Si/c1-62-26-23-27-63(2)93(62)67-55-83(65-46-49-91-84(53-65)82-43-20-22-45-90(82)102-91)94-85(56-67)78-40-17-15-38-76(78)77-39-16-18-41-79(77)86-54-66(64-28-24-37-75(52-64)103(72-31-9-6-10-32-72,73-33-11-7-12-34-73)74-35-13-8-14-36-74)57-89-95(86)99(94)61-98(89)69-29-25-30-70(59-69)101-71-47-48-81-80-42-19-21-44-87(80)100(88(81)60-71)92-58-68(50-51-97-92)96(3,4)5/h6-60H,1-5H3/i1D3,2D3,6D,7D,8D,9D,10D,11D,12D,13D,14D,24D,28D,31D,32D,33D,34D,35D,36D,37D,52D. The molecule has 0 fully saturated rings. The molecule has 103 heavy (non-hydrogen) atoms. The van der Waals surface area contributed by atoms with Gasteiger partial charge in [-0.25, -0.2) is 4.98 Å². The van der Waals surface area contributed by atoms with Crippen LogP contribution in [0.3, 0.4) is 0 Å². The number of hydrogen-bond acceptors (Lipinski definition) is 3. The molecule has 6 nitrogen and oxygen atoms in total. The monoisotopic (exact) mass is 1360 g/mol. The maximum Gasteiger partial charge on any atom is 0.269 e. The van der Waals surface area contributed by atoms with Crippen LogP contribution in [0.1, 0.15) is 71.7 Å². The summed E-state index contributed by atoms with van der Waals surface area (Å²) in [5.74, 6) is 1.36. The smallest absolute Gasteiger partial charge is 0.269 e. The first-order valence-electron chi connectivity index (χ1n) is 45.9. The fourth-order valence-corrected chi connectivity index (χ4v) is 18.4. The Hall–Kier alpha value is -12.7. The first kappa shape index (κ1) is 40.5. The number of rotatable bonds is 11. The third-order valence-electron chi connectivity index (χ3n) is 19.6. The zero-order valence-electron chi connectivity index (χ0n) is 80.4. The van der Waals surface area contributed by atoms with Crippen LogP contribution >= 0.6 is 0 Å². The highest BCUT2D eigenvalue weighted by molar-refractivity contribution is 7.20. The minimum absolute atomic E-state index is 0.0734. The molecule has 1 aliphatic rings. The van der Waals surface area contributed by atoms with Gasteiger partial charge in [-0.2, -0.15) is 0 Å². The fraction of sp³-hybridized carbons (Fsp3) is 0.0625. The van der Waals surface area contributed by atoms with Gasteiger partial charge in [-0.05, 0) is 208 Å². The van der Waals surface area contributed by atoms with Crippen molar-refractivity contribution in [3.63, 3.8) is 0 Å². The number of nitrogens with zero attached hydrogens (tertiary/aromatic N) is 4. The molecule has 4 aromatic heterocycles. The van der Waals surface area contributed by atoms with Crippen molar-refractivity contribution in [1.82, 2.24) is 14.1 Å². The van der Waals surface area contributed by atoms with Crippen molar-refractivity contribution >= 4 is 83.6 Å². The number of imidazole rings is 1. The Morgan fingerprint density at radius 1 is 0.447 bits per heavy atom. The topological polar surface area (TPSA) is 49.0 Å². The minimum Gasteiger partial charge on any atom is -0.458 e. The molecular formula is C96H70N4O2Si. The van der Waals surface area contributed by atoms with E-state index >= 15 is 0 Å². The number of para-hydroxylation sites is 2. The number of ether oxygens (including phenoxy) is 1. The van der Waals surface area contributed by atoms with E-state index in [1.54, 1.807) is 65.4 Å². The molecule has 0 unspecified atom stereocenters. The number of furan rings is 1. The van der Waals surface area contributed by atoms with Crippen LogP contribution in [0.4, 0.5) is 0 Å². The summed E-state index contributed by atoms with van der Waals surface area (Å²) in [5.41, 5.74) is 7.29. The summed E-state index contributed by atoms with van der Waals surface area (Å²) in [7, 11) is -6.41. The van der Waals surface area contributed by atoms with Crippen LogP contribution in [0, 0.1) is 20.0 Å². The number of hydrogen-bond donors (Lipinski definition) is 0. The summed E-state index contributed by atoms with van der Waals surface area (Å²) in [4.78, 5) is 4.92. The van der Waals surface area contributed by atoms with Crippen LogP contribution in [0.25, 0.3) is 139 Å². The zero-order chi connectivity index (χ0) is 90.6. The summed E-state index contributed by atoms with van der Waals surface area (Å²) in [6, 6.07) is 42.7. The summed E-state index contributed by atoms with van der Waals surface area (Å²) in [6.45, 7) is 0.610. The van der Waals surface area contributed by atoms with Crippen molar-refractivity contribution in [2.24, 2.45) is 0 Å². The molecular weight excluding hydrogens is 1270 g/mol. The van der Waals surface area contributed by atoms with E-state index in [0.717, 1.165) is 32.8 Å². The summed E-state index contributed by atoms with van der Waals surface area (Å²) in [6.07, 6.45) is 5.58. The summed E-state index contributed by atoms with van der Waals surface area (Å²) in [5, 5.41) is -0.724. The van der Waals surface area contributed by atoms with Gasteiger partial charge in [-0.3, -0.25) is 13.7 Å². The zero-order valence-corrected chi connectivity index (χ0v) is 56.4. The van der Waals surface area contributed by atoms with E-state index in [0.29, 0.717) is 84.0 Å². The van der Waals surface area contributed by atoms with Gasteiger partial charge in [0, 0.05) is 42.0 Å². The van der Waals surface area contributed by atoms with Crippen molar-refractivity contribution in [3.8, 4) is 95.5 Å². The van der Waals surface area contributed by atoms with E-state index in [1.807, 2.05) is 138 Å². The molecule has 0 atom stereocenters. The summed E-state index contributed by atoms with van der Waals surface area (Å²) >= 11 is 0. The molecule has 7 heteroatoms. The summed E-state index contributed by atoms with van der Waals surface area (Å²) < 4.78 is 259. The SMILES string of the molecule is [2H]c1c([2H])c([2H])c([Si](c2c([2H])c([2H])c([2H])c([2H])c2[2H])(c2c([2H])c([2H])c([2H])c([2H])c2[2H])c2c([2H])c([2H])c([2H])c(-c3cc4c5c(c3)n(-c3cccc(Oc6ccc7c8ccccc8n(-c8cc(C(C)(C)C)ccn8)c7c6)c3)[c-][n+]5-c3c(-c5ccc6oc7ccccc7c6c5)cc(-c5c(C([2H])([2H])[2H])cccc5C([2H])([2H])[2H])cc3-c3ccccc3-c3ccccc3-4)c2[2H])c([2H])c1[2H]. The third kappa shape index (κ3) is 10.1. The van der Waals surface area contributed by atoms with Crippen molar-refractivity contribution < 1.29 is 48.0 Å². The normalized spacial score (nSPS) is 15.8. The lowest BCUT2D eigenvalue weighted by Gasteiger charge is -2.34. The molecule has 0 saturated heterocycles. The van der Waals surface area contributed by atoms with Gasteiger partial charge in [-0.15, -0.1) is 0 Å². The van der Waals surface area contributed by atoms with Crippen molar-refractivity contribution in [2.75, 3.05) is 0 Å². The largest absolute Gasteiger partial charge is 0.458 e. The molecule has 0 aliphatic carbocycles. The second kappa shape index (κ2) is 24.3. The average molecular weight is 1360 g/mol. The van der Waals surface area contributed by atoms with Gasteiger partial charge >= 0.3 is 0 Å². The fourth-order valence-electron chi connectivity index (χ4n) is 14.9. The molecule has 1 aliphatic heterocycles. The molecule has 0 N–H and O–H groups in total. The highest BCUT2D eigenvalue weighted by atomic mass is 28.3. The Balaban J connectivity index is 0.979. The van der Waals surface area contributed by atoms with Gasteiger partial charge in [-0.1, -0.05) is 257 Å². The quantitative estimate of drug-likeness (QED) is 0.0561. The van der Waals surface area contributed by atoms with Crippen LogP contribution in [0.2, 0.25) is 0 Å². The molecule has 18 aromatic rings. The number of aryl methyl sites for hydroxylation is 2. The van der Waals surface area contributed by atoms with Crippen LogP contribution in [0.5, 0.6) is 11.5 Å². The predicted octanol–water partition coefficient (Wildman–Crippen LogP) is 21.5. The van der Waals surface area contributed by atoms with Crippen molar-refractivity contribution in [1.29, 1.82) is 0 Å². The molecule has 0 amide bonds. The van der Waals surface area contributed by atoms with E-state index in [4.69, 9.17) is 26.5 Å². The molecule has 490 valence electrons. The Bertz CT molecular complexity index is 7610. The molecule has 0 saturated carbocycles. The molecule has 0 radical (unpaired) electrons. The van der Waals surface area contributed by atoms with E-state index in [9.17, 15) is 21.9 Å². The first-order chi connectivity index (χ1) is 60.8. The Morgan fingerprint density at radius 3 is 1.76 bits per heavy atom. The van der Waals surface area contributed by atoms with Gasteiger partial charge in [0.2, 0.25) is 0 Å². The number of aromatic nitrogens is 4. The maximum atomic E-state index is 11.2. The first-order valence-corrected chi connectivity index (χ1v) is 35.4. The number of benzene rings is 14. The van der Waals surface area contributed by atoms with E-state index in [2.05, 4.69) is 37.7 Å². The highest BCUT2D eigenvalue weighted by Crippen LogP contribution is 2.49. The molecule has 0 bridgehead atoms. The number of pyridine rings is 1. The number of fused-ring (bicyclic) bond motifs is 13. The van der Waals surface area contributed by atoms with Crippen LogP contribution in [-0.4, -0.2) is 22.2 Å². The van der Waals surface area contributed by atoms with Crippen LogP contribution in [-0.2, 0) is 5.41 Å². The highest BCUT2D eigenvalue weighted by Gasteiger charge is 2.42. The lowest BCUT2D eigenvalue weighted by Crippen LogP contribution is -2.74. The molecule has 19 rings (SSSR count). The van der Waals surface area contributed by atoms with E-state index < -0.39 is 163 Å². The van der Waals surface area contributed by atoms with Gasteiger partial charge < -0.3 is 9.15 Å². The lowest BCUT2D eigenvalue weighted by molar-refractivity contribution is -0.570. The second-order valence-corrected chi connectivity index (χ2v) is 30.0. The van der Waals surface area contributed by atoms with Crippen LogP contribution in [0.15, 0.2) is 338 Å². The molecule has 5 heterocycles. The minimum atomic E-state index is -6.41. The molecule has 14 aromatic carbocycles. The average Bonchev–Trinajstić information content (AvgIpc) is 0.977. The van der Waals surface area contributed by atoms with Gasteiger partial charge in [0.15, 0.2) is 8.07 Å². The van der Waals surface area contributed by atoms with E-state index in [-0.39, 0.29) is 50.1 Å². The van der Waals surface area contributed by atoms with Crippen molar-refractivity contribution in [3.05, 3.63) is 356 Å². The van der Waals surface area contributed by atoms with Crippen molar-refractivity contribution in [2.45, 2.75) is 39.9 Å². The Labute approximate surface area is 635 Å². The lowest BCUT2D eigenvalue weighted by atomic mass is 9.85. The van der Waals surface area contributed by atoms with Gasteiger partial charge in [0.1, 0.15) is 28.5 Å². The predicted molar refractivity (Wildman–Crippen MR) is 428 cm³/mol. The third-order valence-corrected chi connectivity index (χ3v) is 23.6. The van der Waals surface area contributed by atoms with Gasteiger partial charge in [0.05, 0.1) is 59.5 Å².